The Hall–Kier alpha value is -2.38. The van der Waals surface area contributed by atoms with Gasteiger partial charge in [0.1, 0.15) is 0 Å². The number of benzene rings is 2. The minimum atomic E-state index is -0.162. The molecule has 0 aliphatic carbocycles. The summed E-state index contributed by atoms with van der Waals surface area (Å²) in [6.07, 6.45) is 0. The van der Waals surface area contributed by atoms with E-state index in [-0.39, 0.29) is 11.7 Å². The van der Waals surface area contributed by atoms with Gasteiger partial charge in [-0.15, -0.1) is 5.10 Å². The van der Waals surface area contributed by atoms with E-state index in [0.29, 0.717) is 22.4 Å². The van der Waals surface area contributed by atoms with Crippen LogP contribution in [0.5, 0.6) is 0 Å². The molecule has 0 unspecified atom stereocenters. The number of halogens is 1. The maximum absolute atomic E-state index is 12.1. The molecule has 25 heavy (non-hydrogen) atoms. The van der Waals surface area contributed by atoms with Crippen molar-refractivity contribution in [1.82, 2.24) is 20.2 Å². The van der Waals surface area contributed by atoms with Gasteiger partial charge in [0.25, 0.3) is 0 Å². The summed E-state index contributed by atoms with van der Waals surface area (Å²) in [5.41, 5.74) is 2.73. The number of hydrogen-bond acceptors (Lipinski definition) is 5. The maximum Gasteiger partial charge on any atom is 0.234 e. The predicted molar refractivity (Wildman–Crippen MR) is 98.9 cm³/mol. The zero-order chi connectivity index (χ0) is 17.6. The second-order valence-corrected chi connectivity index (χ2v) is 6.77. The minimum Gasteiger partial charge on any atom is -0.324 e. The monoisotopic (exact) mass is 373 g/mol. The quantitative estimate of drug-likeness (QED) is 0.670. The summed E-state index contributed by atoms with van der Waals surface area (Å²) in [6, 6.07) is 15.4. The lowest BCUT2D eigenvalue weighted by atomic mass is 10.2. The third-order valence-electron chi connectivity index (χ3n) is 3.41. The number of nitrogens with zero attached hydrogens (tertiary/aromatic N) is 4. The van der Waals surface area contributed by atoms with Crippen LogP contribution in [0.4, 0.5) is 5.69 Å². The van der Waals surface area contributed by atoms with Gasteiger partial charge in [0.15, 0.2) is 0 Å². The van der Waals surface area contributed by atoms with Gasteiger partial charge in [-0.05, 0) is 40.6 Å². The molecule has 0 bridgehead atoms. The lowest BCUT2D eigenvalue weighted by molar-refractivity contribution is -0.113. The van der Waals surface area contributed by atoms with Gasteiger partial charge in [-0.1, -0.05) is 59.8 Å². The van der Waals surface area contributed by atoms with Gasteiger partial charge in [0.2, 0.25) is 11.1 Å². The molecule has 0 saturated carbocycles. The molecule has 0 aliphatic heterocycles. The van der Waals surface area contributed by atoms with E-state index in [1.807, 2.05) is 49.4 Å². The fraction of sp³-hybridized carbons (Fsp3) is 0.176. The van der Waals surface area contributed by atoms with E-state index in [1.54, 1.807) is 10.7 Å². The second kappa shape index (κ2) is 8.13. The molecule has 1 heterocycles. The van der Waals surface area contributed by atoms with Crippen molar-refractivity contribution < 1.29 is 4.79 Å². The molecular weight excluding hydrogens is 358 g/mol. The topological polar surface area (TPSA) is 72.7 Å². The number of hydrogen-bond donors (Lipinski definition) is 1. The van der Waals surface area contributed by atoms with Crippen molar-refractivity contribution in [2.24, 2.45) is 0 Å². The van der Waals surface area contributed by atoms with Gasteiger partial charge in [-0.3, -0.25) is 4.79 Å². The Kier molecular flexibility index (Phi) is 5.67. The van der Waals surface area contributed by atoms with Gasteiger partial charge in [-0.2, -0.15) is 0 Å². The highest BCUT2D eigenvalue weighted by molar-refractivity contribution is 7.99. The Labute approximate surface area is 154 Å². The van der Waals surface area contributed by atoms with Crippen LogP contribution in [-0.4, -0.2) is 31.9 Å². The molecule has 0 radical (unpaired) electrons. The number of amides is 1. The molecule has 6 nitrogen and oxygen atoms in total. The highest BCUT2D eigenvalue weighted by Gasteiger charge is 2.11. The maximum atomic E-state index is 12.1. The van der Waals surface area contributed by atoms with E-state index < -0.39 is 0 Å². The SMILES string of the molecule is Cc1ccc(NC(=O)CSc2nnnn2Cc2ccccc2)c(Cl)c1. The van der Waals surface area contributed by atoms with Gasteiger partial charge in [-0.25, -0.2) is 4.68 Å². The summed E-state index contributed by atoms with van der Waals surface area (Å²) >= 11 is 7.41. The molecule has 2 aromatic carbocycles. The summed E-state index contributed by atoms with van der Waals surface area (Å²) in [7, 11) is 0. The van der Waals surface area contributed by atoms with Crippen molar-refractivity contribution in [3.8, 4) is 0 Å². The van der Waals surface area contributed by atoms with E-state index in [4.69, 9.17) is 11.6 Å². The summed E-state index contributed by atoms with van der Waals surface area (Å²) in [5.74, 6) is 0.0318. The van der Waals surface area contributed by atoms with Gasteiger partial charge in [0.05, 0.1) is 23.0 Å². The van der Waals surface area contributed by atoms with Crippen LogP contribution in [-0.2, 0) is 11.3 Å². The minimum absolute atomic E-state index is 0.162. The molecule has 0 fully saturated rings. The first-order valence-corrected chi connectivity index (χ1v) is 8.97. The number of nitrogens with one attached hydrogen (secondary N) is 1. The molecule has 1 N–H and O–H groups in total. The molecular formula is C17H16ClN5OS. The molecule has 3 aromatic rings. The average Bonchev–Trinajstić information content (AvgIpc) is 3.03. The van der Waals surface area contributed by atoms with Crippen molar-refractivity contribution in [1.29, 1.82) is 0 Å². The van der Waals surface area contributed by atoms with Crippen LogP contribution in [0.15, 0.2) is 53.7 Å². The average molecular weight is 374 g/mol. The Morgan fingerprint density at radius 2 is 2.04 bits per heavy atom. The smallest absolute Gasteiger partial charge is 0.234 e. The fourth-order valence-electron chi connectivity index (χ4n) is 2.19. The number of aromatic nitrogens is 4. The molecule has 3 rings (SSSR count). The largest absolute Gasteiger partial charge is 0.324 e. The van der Waals surface area contributed by atoms with Crippen LogP contribution in [0.1, 0.15) is 11.1 Å². The summed E-state index contributed by atoms with van der Waals surface area (Å²) < 4.78 is 1.67. The second-order valence-electron chi connectivity index (χ2n) is 5.42. The molecule has 0 saturated heterocycles. The first-order valence-electron chi connectivity index (χ1n) is 7.61. The van der Waals surface area contributed by atoms with E-state index in [0.717, 1.165) is 11.1 Å². The summed E-state index contributed by atoms with van der Waals surface area (Å²) in [4.78, 5) is 12.1. The highest BCUT2D eigenvalue weighted by atomic mass is 35.5. The summed E-state index contributed by atoms with van der Waals surface area (Å²) in [6.45, 7) is 2.50. The molecule has 1 amide bonds. The molecule has 1 aromatic heterocycles. The van der Waals surface area contributed by atoms with Crippen LogP contribution in [0.2, 0.25) is 5.02 Å². The van der Waals surface area contributed by atoms with Crippen LogP contribution in [0, 0.1) is 6.92 Å². The Balaban J connectivity index is 1.58. The number of carbonyl (C=O) groups excluding carboxylic acids is 1. The number of tetrazole rings is 1. The first kappa shape index (κ1) is 17.4. The van der Waals surface area contributed by atoms with E-state index >= 15 is 0 Å². The van der Waals surface area contributed by atoms with Crippen molar-refractivity contribution >= 4 is 35.0 Å². The standard InChI is InChI=1S/C17H16ClN5OS/c1-12-7-8-15(14(18)9-12)19-16(24)11-25-17-20-21-22-23(17)10-13-5-3-2-4-6-13/h2-9H,10-11H2,1H3,(H,19,24). The highest BCUT2D eigenvalue weighted by Crippen LogP contribution is 2.23. The molecule has 8 heteroatoms. The third-order valence-corrected chi connectivity index (χ3v) is 4.68. The Morgan fingerprint density at radius 3 is 2.80 bits per heavy atom. The summed E-state index contributed by atoms with van der Waals surface area (Å²) in [5, 5.41) is 15.6. The van der Waals surface area contributed by atoms with Crippen LogP contribution < -0.4 is 5.32 Å². The van der Waals surface area contributed by atoms with Gasteiger partial charge in [0, 0.05) is 0 Å². The lowest BCUT2D eigenvalue weighted by Crippen LogP contribution is -2.15. The van der Waals surface area contributed by atoms with Gasteiger partial charge >= 0.3 is 0 Å². The molecule has 0 atom stereocenters. The number of thioether (sulfide) groups is 1. The van der Waals surface area contributed by atoms with Crippen molar-refractivity contribution in [3.63, 3.8) is 0 Å². The molecule has 128 valence electrons. The fourth-order valence-corrected chi connectivity index (χ4v) is 3.15. The van der Waals surface area contributed by atoms with Crippen LogP contribution >= 0.6 is 23.4 Å². The van der Waals surface area contributed by atoms with Crippen molar-refractivity contribution in [2.45, 2.75) is 18.6 Å². The normalized spacial score (nSPS) is 10.6. The number of carbonyl (C=O) groups is 1. The van der Waals surface area contributed by atoms with Gasteiger partial charge < -0.3 is 5.32 Å². The van der Waals surface area contributed by atoms with E-state index in [2.05, 4.69) is 20.8 Å². The molecule has 0 spiro atoms. The van der Waals surface area contributed by atoms with Crippen molar-refractivity contribution in [3.05, 3.63) is 64.7 Å². The Morgan fingerprint density at radius 1 is 1.24 bits per heavy atom. The first-order chi connectivity index (χ1) is 12.1. The number of anilines is 1. The predicted octanol–water partition coefficient (Wildman–Crippen LogP) is 3.41. The lowest BCUT2D eigenvalue weighted by Gasteiger charge is -2.08. The van der Waals surface area contributed by atoms with E-state index in [9.17, 15) is 4.79 Å². The van der Waals surface area contributed by atoms with E-state index in [1.165, 1.54) is 11.8 Å². The third kappa shape index (κ3) is 4.80. The Bertz CT molecular complexity index is 868. The number of aryl methyl sites for hydroxylation is 1. The van der Waals surface area contributed by atoms with Crippen LogP contribution in [0.3, 0.4) is 0 Å². The van der Waals surface area contributed by atoms with Crippen LogP contribution in [0.25, 0.3) is 0 Å². The zero-order valence-electron chi connectivity index (χ0n) is 13.5. The zero-order valence-corrected chi connectivity index (χ0v) is 15.1. The number of rotatable bonds is 6. The molecule has 0 aliphatic rings. The van der Waals surface area contributed by atoms with Crippen molar-refractivity contribution in [2.75, 3.05) is 11.1 Å².